The maximum Gasteiger partial charge on any atom is 0.203 e. The van der Waals surface area contributed by atoms with E-state index in [1.54, 1.807) is 0 Å². The molecule has 3 aromatic rings. The first-order chi connectivity index (χ1) is 13.1. The molecule has 7 nitrogen and oxygen atoms in total. The molecule has 0 saturated heterocycles. The van der Waals surface area contributed by atoms with Gasteiger partial charge >= 0.3 is 0 Å². The molecule has 4 saturated carbocycles. The van der Waals surface area contributed by atoms with Crippen molar-refractivity contribution in [1.29, 1.82) is 0 Å². The smallest absolute Gasteiger partial charge is 0.203 e. The maximum atomic E-state index is 10.9. The normalized spacial score (nSPS) is 34.4. The van der Waals surface area contributed by atoms with Gasteiger partial charge in [-0.2, -0.15) is 0 Å². The summed E-state index contributed by atoms with van der Waals surface area (Å²) in [5.41, 5.74) is 8.27. The van der Waals surface area contributed by atoms with Crippen LogP contribution < -0.4 is 11.1 Å². The van der Waals surface area contributed by atoms with E-state index in [1.807, 2.05) is 12.4 Å². The molecule has 4 fully saturated rings. The lowest BCUT2D eigenvalue weighted by Crippen LogP contribution is -2.59. The number of hydrogen-bond acceptors (Lipinski definition) is 7. The number of aromatic amines is 1. The molecule has 0 aromatic carbocycles. The van der Waals surface area contributed by atoms with E-state index in [2.05, 4.69) is 31.5 Å². The van der Waals surface area contributed by atoms with Gasteiger partial charge < -0.3 is 21.1 Å². The molecule has 2 atom stereocenters. The quantitative estimate of drug-likeness (QED) is 0.554. The SMILES string of the molecule is Nc1nnc(-c2cnc3[nH]ccc3c2N[C@H]2C3CC4CC2C[C@@](O)(C4)C3)s1. The van der Waals surface area contributed by atoms with E-state index in [0.29, 0.717) is 28.9 Å². The number of nitrogens with two attached hydrogens (primary N) is 1. The molecule has 4 aliphatic rings. The molecular weight excluding hydrogens is 360 g/mol. The number of aromatic nitrogens is 4. The number of rotatable bonds is 3. The van der Waals surface area contributed by atoms with Gasteiger partial charge in [0, 0.05) is 23.8 Å². The molecule has 0 spiro atoms. The predicted octanol–water partition coefficient (Wildman–Crippen LogP) is 3.02. The van der Waals surface area contributed by atoms with Crippen LogP contribution in [0.2, 0.25) is 0 Å². The second-order valence-electron chi connectivity index (χ2n) is 8.60. The van der Waals surface area contributed by atoms with Crippen molar-refractivity contribution in [3.63, 3.8) is 0 Å². The summed E-state index contributed by atoms with van der Waals surface area (Å²) in [4.78, 5) is 7.75. The molecule has 0 aliphatic heterocycles. The van der Waals surface area contributed by atoms with E-state index in [4.69, 9.17) is 5.73 Å². The highest BCUT2D eigenvalue weighted by atomic mass is 32.1. The summed E-state index contributed by atoms with van der Waals surface area (Å²) < 4.78 is 0. The molecule has 0 radical (unpaired) electrons. The van der Waals surface area contributed by atoms with E-state index in [-0.39, 0.29) is 0 Å². The number of nitrogens with one attached hydrogen (secondary N) is 2. The van der Waals surface area contributed by atoms with Crippen molar-refractivity contribution in [2.75, 3.05) is 11.1 Å². The zero-order valence-electron chi connectivity index (χ0n) is 14.9. The fourth-order valence-electron chi connectivity index (χ4n) is 6.05. The van der Waals surface area contributed by atoms with Gasteiger partial charge in [-0.05, 0) is 55.9 Å². The van der Waals surface area contributed by atoms with Gasteiger partial charge in [0.1, 0.15) is 5.65 Å². The van der Waals surface area contributed by atoms with Gasteiger partial charge in [-0.1, -0.05) is 11.3 Å². The van der Waals surface area contributed by atoms with Gasteiger partial charge in [0.2, 0.25) is 5.13 Å². The van der Waals surface area contributed by atoms with Gasteiger partial charge in [-0.15, -0.1) is 10.2 Å². The standard InChI is InChI=1S/C19H22N6OS/c20-18-25-24-17(27-18)13-8-22-16-12(1-2-21-16)15(13)23-14-10-3-9-4-11(14)7-19(26,5-9)6-10/h1-2,8-11,14,26H,3-7H2,(H2,20,25)(H2,21,22,23)/t9?,10?,11?,14-,19+. The molecule has 7 rings (SSSR count). The van der Waals surface area contributed by atoms with E-state index < -0.39 is 5.60 Å². The van der Waals surface area contributed by atoms with Gasteiger partial charge in [0.25, 0.3) is 0 Å². The molecule has 0 amide bonds. The van der Waals surface area contributed by atoms with Crippen LogP contribution in [-0.2, 0) is 0 Å². The average Bonchev–Trinajstić information content (AvgIpc) is 3.25. The van der Waals surface area contributed by atoms with E-state index in [9.17, 15) is 5.11 Å². The molecular formula is C19H22N6OS. The Balaban J connectivity index is 1.43. The van der Waals surface area contributed by atoms with Crippen molar-refractivity contribution < 1.29 is 5.11 Å². The van der Waals surface area contributed by atoms with Gasteiger partial charge in [0.05, 0.1) is 16.9 Å². The Bertz CT molecular complexity index is 1010. The molecule has 140 valence electrons. The predicted molar refractivity (Wildman–Crippen MR) is 105 cm³/mol. The Morgan fingerprint density at radius 3 is 2.74 bits per heavy atom. The fourth-order valence-corrected chi connectivity index (χ4v) is 6.68. The summed E-state index contributed by atoms with van der Waals surface area (Å²) in [7, 11) is 0. The van der Waals surface area contributed by atoms with Crippen molar-refractivity contribution in [3.8, 4) is 10.6 Å². The van der Waals surface area contributed by atoms with Gasteiger partial charge in [-0.3, -0.25) is 0 Å². The minimum atomic E-state index is -0.424. The van der Waals surface area contributed by atoms with Crippen LogP contribution in [0.5, 0.6) is 0 Å². The number of hydrogen-bond donors (Lipinski definition) is 4. The van der Waals surface area contributed by atoms with Crippen LogP contribution in [0.3, 0.4) is 0 Å². The Morgan fingerprint density at radius 2 is 2.04 bits per heavy atom. The first kappa shape index (κ1) is 15.8. The van der Waals surface area contributed by atoms with Crippen LogP contribution in [0.25, 0.3) is 21.6 Å². The number of anilines is 2. The number of nitrogens with zero attached hydrogens (tertiary/aromatic N) is 3. The van der Waals surface area contributed by atoms with E-state index in [0.717, 1.165) is 46.6 Å². The number of aliphatic hydroxyl groups is 1. The first-order valence-corrected chi connectivity index (χ1v) is 10.4. The van der Waals surface area contributed by atoms with Crippen LogP contribution in [-0.4, -0.2) is 36.9 Å². The summed E-state index contributed by atoms with van der Waals surface area (Å²) in [6.45, 7) is 0. The minimum absolute atomic E-state index is 0.381. The third-order valence-electron chi connectivity index (χ3n) is 6.81. The Kier molecular flexibility index (Phi) is 3.18. The molecule has 8 heteroatoms. The van der Waals surface area contributed by atoms with Gasteiger partial charge in [-0.25, -0.2) is 4.98 Å². The van der Waals surface area contributed by atoms with Crippen molar-refractivity contribution >= 4 is 33.2 Å². The topological polar surface area (TPSA) is 113 Å². The summed E-state index contributed by atoms with van der Waals surface area (Å²) in [6, 6.07) is 2.44. The second kappa shape index (κ2) is 5.42. The third-order valence-corrected chi connectivity index (χ3v) is 7.60. The average molecular weight is 382 g/mol. The Labute approximate surface area is 160 Å². The van der Waals surface area contributed by atoms with E-state index >= 15 is 0 Å². The lowest BCUT2D eigenvalue weighted by Gasteiger charge is -2.58. The fraction of sp³-hybridized carbons (Fsp3) is 0.526. The molecule has 4 aliphatic carbocycles. The number of H-pyrrole nitrogens is 1. The summed E-state index contributed by atoms with van der Waals surface area (Å²) in [5, 5.41) is 25.3. The molecule has 2 unspecified atom stereocenters. The summed E-state index contributed by atoms with van der Waals surface area (Å²) in [6.07, 6.45) is 9.04. The molecule has 3 aromatic heterocycles. The highest BCUT2D eigenvalue weighted by Crippen LogP contribution is 2.56. The van der Waals surface area contributed by atoms with E-state index in [1.165, 1.54) is 24.2 Å². The zero-order chi connectivity index (χ0) is 18.2. The monoisotopic (exact) mass is 382 g/mol. The molecule has 4 bridgehead atoms. The number of fused-ring (bicyclic) bond motifs is 1. The van der Waals surface area contributed by atoms with Crippen LogP contribution in [0.4, 0.5) is 10.8 Å². The van der Waals surface area contributed by atoms with Crippen LogP contribution in [0.1, 0.15) is 32.1 Å². The molecule has 3 heterocycles. The Hall–Kier alpha value is -2.19. The summed E-state index contributed by atoms with van der Waals surface area (Å²) in [5.74, 6) is 1.74. The van der Waals surface area contributed by atoms with Crippen molar-refractivity contribution in [3.05, 3.63) is 18.5 Å². The second-order valence-corrected chi connectivity index (χ2v) is 9.61. The maximum absolute atomic E-state index is 10.9. The van der Waals surface area contributed by atoms with Crippen LogP contribution >= 0.6 is 11.3 Å². The van der Waals surface area contributed by atoms with Crippen molar-refractivity contribution in [1.82, 2.24) is 20.2 Å². The largest absolute Gasteiger partial charge is 0.390 e. The Morgan fingerprint density at radius 1 is 1.22 bits per heavy atom. The number of pyridine rings is 1. The number of nitrogen functional groups attached to an aromatic ring is 1. The highest BCUT2D eigenvalue weighted by Gasteiger charge is 2.54. The van der Waals surface area contributed by atoms with Crippen molar-refractivity contribution in [2.24, 2.45) is 17.8 Å². The third kappa shape index (κ3) is 2.39. The zero-order valence-corrected chi connectivity index (χ0v) is 15.7. The van der Waals surface area contributed by atoms with Crippen LogP contribution in [0.15, 0.2) is 18.5 Å². The van der Waals surface area contributed by atoms with Crippen LogP contribution in [0, 0.1) is 17.8 Å². The first-order valence-electron chi connectivity index (χ1n) is 9.62. The summed E-state index contributed by atoms with van der Waals surface area (Å²) >= 11 is 1.38. The molecule has 5 N–H and O–H groups in total. The lowest BCUT2D eigenvalue weighted by atomic mass is 9.52. The minimum Gasteiger partial charge on any atom is -0.390 e. The molecule has 27 heavy (non-hydrogen) atoms. The van der Waals surface area contributed by atoms with Crippen molar-refractivity contribution in [2.45, 2.75) is 43.7 Å². The van der Waals surface area contributed by atoms with Gasteiger partial charge in [0.15, 0.2) is 5.01 Å². The lowest BCUT2D eigenvalue weighted by molar-refractivity contribution is -0.129. The highest BCUT2D eigenvalue weighted by molar-refractivity contribution is 7.18.